The van der Waals surface area contributed by atoms with Crippen LogP contribution in [0.2, 0.25) is 0 Å². The Bertz CT molecular complexity index is 1210. The number of para-hydroxylation sites is 2. The third-order valence-electron chi connectivity index (χ3n) is 5.67. The molecule has 2 aromatic carbocycles. The van der Waals surface area contributed by atoms with E-state index in [1.54, 1.807) is 12.1 Å². The van der Waals surface area contributed by atoms with E-state index in [4.69, 9.17) is 4.98 Å². The van der Waals surface area contributed by atoms with Crippen LogP contribution in [0, 0.1) is 15.5 Å². The molecule has 0 radical (unpaired) electrons. The summed E-state index contributed by atoms with van der Waals surface area (Å²) < 4.78 is 2.20. The molecule has 6 nitrogen and oxygen atoms in total. The van der Waals surface area contributed by atoms with E-state index in [0.717, 1.165) is 38.7 Å². The van der Waals surface area contributed by atoms with E-state index in [0.29, 0.717) is 6.42 Å². The van der Waals surface area contributed by atoms with Crippen LogP contribution in [0.25, 0.3) is 15.9 Å². The maximum atomic E-state index is 13.3. The molecular weight excluding hydrogens is 386 g/mol. The van der Waals surface area contributed by atoms with Gasteiger partial charge >= 0.3 is 0 Å². The quantitative estimate of drug-likeness (QED) is 0.422. The van der Waals surface area contributed by atoms with E-state index < -0.39 is 4.92 Å². The topological polar surface area (TPSA) is 78.0 Å². The second-order valence-electron chi connectivity index (χ2n) is 8.39. The predicted molar refractivity (Wildman–Crippen MR) is 113 cm³/mol. The zero-order valence-corrected chi connectivity index (χ0v) is 16.9. The van der Waals surface area contributed by atoms with Gasteiger partial charge in [-0.3, -0.25) is 14.9 Å². The fraction of sp³-hybridized carbons (Fsp3) is 0.273. The monoisotopic (exact) mass is 405 g/mol. The molecule has 1 saturated carbocycles. The smallest absolute Gasteiger partial charge is 0.269 e. The van der Waals surface area contributed by atoms with E-state index in [-0.39, 0.29) is 22.9 Å². The lowest BCUT2D eigenvalue weighted by atomic mass is 9.71. The summed E-state index contributed by atoms with van der Waals surface area (Å²) in [5, 5.41) is 11.9. The molecule has 1 unspecified atom stereocenters. The highest BCUT2D eigenvalue weighted by molar-refractivity contribution is 8.08. The normalized spacial score (nSPS) is 20.5. The largest absolute Gasteiger partial charge is 0.311 e. The van der Waals surface area contributed by atoms with Crippen LogP contribution < -0.4 is 0 Å². The number of allylic oxidation sites excluding steroid dienone is 1. The number of thioether (sulfide) groups is 1. The van der Waals surface area contributed by atoms with Gasteiger partial charge < -0.3 is 4.57 Å². The van der Waals surface area contributed by atoms with Gasteiger partial charge in [0.15, 0.2) is 10.9 Å². The van der Waals surface area contributed by atoms with Gasteiger partial charge in [-0.1, -0.05) is 37.7 Å². The van der Waals surface area contributed by atoms with E-state index >= 15 is 0 Å². The number of nitro benzene ring substituents is 1. The van der Waals surface area contributed by atoms with E-state index in [9.17, 15) is 14.9 Å². The molecule has 1 atom stereocenters. The third-order valence-corrected chi connectivity index (χ3v) is 6.80. The van der Waals surface area contributed by atoms with Crippen molar-refractivity contribution in [2.75, 3.05) is 0 Å². The van der Waals surface area contributed by atoms with Crippen LogP contribution in [0.15, 0.2) is 59.3 Å². The molecule has 3 aromatic rings. The predicted octanol–water partition coefficient (Wildman–Crippen LogP) is 5.39. The van der Waals surface area contributed by atoms with Crippen molar-refractivity contribution in [3.8, 4) is 0 Å². The number of carbonyl (C=O) groups is 1. The first-order chi connectivity index (χ1) is 13.8. The number of fused-ring (bicyclic) bond motifs is 5. The minimum atomic E-state index is -0.411. The van der Waals surface area contributed by atoms with E-state index in [2.05, 4.69) is 18.4 Å². The Morgan fingerprint density at radius 2 is 1.90 bits per heavy atom. The maximum Gasteiger partial charge on any atom is 0.269 e. The van der Waals surface area contributed by atoms with Crippen LogP contribution >= 0.6 is 11.8 Å². The van der Waals surface area contributed by atoms with Gasteiger partial charge in [-0.25, -0.2) is 4.98 Å². The number of hydrogen-bond donors (Lipinski definition) is 0. The summed E-state index contributed by atoms with van der Waals surface area (Å²) in [5.41, 5.74) is 3.52. The highest BCUT2D eigenvalue weighted by Gasteiger charge is 2.43. The van der Waals surface area contributed by atoms with Crippen molar-refractivity contribution < 1.29 is 9.72 Å². The van der Waals surface area contributed by atoms with E-state index in [1.807, 2.05) is 24.3 Å². The Labute approximate surface area is 171 Å². The standard InChI is InChI=1S/C22H19N3O3S/c1-22(2)11-17-19(18(26)12-22)20(13-7-9-14(10-8-13)25(27)28)29-21-23-15-5-3-4-6-16(15)24(17)21/h3-10,17H,11-12H2,1-2H3. The first-order valence-electron chi connectivity index (χ1n) is 9.51. The molecular formula is C22H19N3O3S. The van der Waals surface area contributed by atoms with Crippen molar-refractivity contribution in [1.82, 2.24) is 9.55 Å². The van der Waals surface area contributed by atoms with Crippen molar-refractivity contribution in [3.05, 3.63) is 69.8 Å². The summed E-state index contributed by atoms with van der Waals surface area (Å²) in [5.74, 6) is 0.149. The van der Waals surface area contributed by atoms with Crippen LogP contribution in [0.4, 0.5) is 5.69 Å². The molecule has 2 heterocycles. The van der Waals surface area contributed by atoms with Crippen molar-refractivity contribution in [2.45, 2.75) is 37.9 Å². The summed E-state index contributed by atoms with van der Waals surface area (Å²) in [4.78, 5) is 29.6. The lowest BCUT2D eigenvalue weighted by Gasteiger charge is -2.40. The highest BCUT2D eigenvalue weighted by atomic mass is 32.2. The molecule has 7 heteroatoms. The molecule has 1 aliphatic carbocycles. The number of carbonyl (C=O) groups excluding carboxylic acids is 1. The maximum absolute atomic E-state index is 13.3. The minimum absolute atomic E-state index is 0.0417. The molecule has 0 N–H and O–H groups in total. The van der Waals surface area contributed by atoms with Crippen molar-refractivity contribution >= 4 is 39.2 Å². The molecule has 146 valence electrons. The number of non-ortho nitro benzene ring substituents is 1. The summed E-state index contributed by atoms with van der Waals surface area (Å²) >= 11 is 1.48. The lowest BCUT2D eigenvalue weighted by Crippen LogP contribution is -2.35. The Hall–Kier alpha value is -2.93. The fourth-order valence-corrected chi connectivity index (χ4v) is 5.67. The van der Waals surface area contributed by atoms with Crippen molar-refractivity contribution in [2.24, 2.45) is 5.41 Å². The zero-order chi connectivity index (χ0) is 20.3. The molecule has 5 rings (SSSR count). The van der Waals surface area contributed by atoms with Crippen molar-refractivity contribution in [1.29, 1.82) is 0 Å². The number of Topliss-reactive ketones (excluding diaryl/α,β-unsaturated/α-hetero) is 1. The second-order valence-corrected chi connectivity index (χ2v) is 9.36. The summed E-state index contributed by atoms with van der Waals surface area (Å²) in [6, 6.07) is 14.4. The average Bonchev–Trinajstić information content (AvgIpc) is 3.05. The lowest BCUT2D eigenvalue weighted by molar-refractivity contribution is -0.384. The minimum Gasteiger partial charge on any atom is -0.311 e. The van der Waals surface area contributed by atoms with Gasteiger partial charge in [0, 0.05) is 29.0 Å². The van der Waals surface area contributed by atoms with Gasteiger partial charge in [0.1, 0.15) is 0 Å². The molecule has 1 aliphatic heterocycles. The zero-order valence-electron chi connectivity index (χ0n) is 16.1. The number of rotatable bonds is 2. The Morgan fingerprint density at radius 3 is 2.62 bits per heavy atom. The van der Waals surface area contributed by atoms with Crippen LogP contribution in [-0.2, 0) is 4.79 Å². The molecule has 0 bridgehead atoms. The molecule has 0 saturated heterocycles. The molecule has 1 aromatic heterocycles. The molecule has 2 aliphatic rings. The number of hydrogen-bond acceptors (Lipinski definition) is 5. The van der Waals surface area contributed by atoms with Gasteiger partial charge in [0.25, 0.3) is 5.69 Å². The van der Waals surface area contributed by atoms with Crippen LogP contribution in [-0.4, -0.2) is 20.3 Å². The number of nitro groups is 1. The first kappa shape index (κ1) is 18.1. The van der Waals surface area contributed by atoms with Crippen LogP contribution in [0.1, 0.15) is 38.3 Å². The third kappa shape index (κ3) is 2.88. The summed E-state index contributed by atoms with van der Waals surface area (Å²) in [6.45, 7) is 4.27. The van der Waals surface area contributed by atoms with E-state index in [1.165, 1.54) is 23.9 Å². The van der Waals surface area contributed by atoms with Gasteiger partial charge in [-0.2, -0.15) is 0 Å². The number of nitrogens with zero attached hydrogens (tertiary/aromatic N) is 3. The number of imidazole rings is 1. The molecule has 0 amide bonds. The molecule has 0 spiro atoms. The number of ketones is 1. The van der Waals surface area contributed by atoms with Gasteiger partial charge in [-0.15, -0.1) is 0 Å². The Kier molecular flexibility index (Phi) is 3.93. The number of aromatic nitrogens is 2. The molecule has 1 fully saturated rings. The van der Waals surface area contributed by atoms with Crippen molar-refractivity contribution in [3.63, 3.8) is 0 Å². The van der Waals surface area contributed by atoms with Crippen LogP contribution in [0.3, 0.4) is 0 Å². The summed E-state index contributed by atoms with van der Waals surface area (Å²) in [6.07, 6.45) is 1.34. The average molecular weight is 405 g/mol. The van der Waals surface area contributed by atoms with Gasteiger partial charge in [0.2, 0.25) is 0 Å². The first-order valence-corrected chi connectivity index (χ1v) is 10.3. The van der Waals surface area contributed by atoms with Gasteiger partial charge in [-0.05, 0) is 41.7 Å². The summed E-state index contributed by atoms with van der Waals surface area (Å²) in [7, 11) is 0. The fourth-order valence-electron chi connectivity index (χ4n) is 4.40. The number of benzene rings is 2. The molecule has 29 heavy (non-hydrogen) atoms. The highest BCUT2D eigenvalue weighted by Crippen LogP contribution is 2.53. The second kappa shape index (κ2) is 6.29. The SMILES string of the molecule is CC1(C)CC(=O)C2=C(c3ccc([N+](=O)[O-])cc3)Sc3nc4ccccc4n3C2C1. The van der Waals surface area contributed by atoms with Crippen LogP contribution in [0.5, 0.6) is 0 Å². The Balaban J connectivity index is 1.72. The van der Waals surface area contributed by atoms with Gasteiger partial charge in [0.05, 0.1) is 22.0 Å². The Morgan fingerprint density at radius 1 is 1.17 bits per heavy atom.